The lowest BCUT2D eigenvalue weighted by atomic mass is 10.1. The molecule has 3 amide bonds. The number of carbonyl (C=O) groups is 3. The third kappa shape index (κ3) is 3.64. The van der Waals surface area contributed by atoms with Gasteiger partial charge in [-0.25, -0.2) is 0 Å². The minimum absolute atomic E-state index is 0.210. The lowest BCUT2D eigenvalue weighted by molar-refractivity contribution is -0.137. The molecule has 1 aromatic rings. The predicted molar refractivity (Wildman–Crippen MR) is 69.2 cm³/mol. The summed E-state index contributed by atoms with van der Waals surface area (Å²) in [6.45, 7) is 1.98. The van der Waals surface area contributed by atoms with E-state index in [4.69, 9.17) is 0 Å². The summed E-state index contributed by atoms with van der Waals surface area (Å²) in [4.78, 5) is 34.3. The molecule has 0 bridgehead atoms. The number of rotatable bonds is 3. The Kier molecular flexibility index (Phi) is 3.94. The molecule has 5 nitrogen and oxygen atoms in total. The van der Waals surface area contributed by atoms with E-state index in [0.717, 1.165) is 11.1 Å². The zero-order valence-electron chi connectivity index (χ0n) is 10.7. The average molecular weight is 260 g/mol. The normalized spacial score (nSPS) is 18.9. The summed E-state index contributed by atoms with van der Waals surface area (Å²) in [6.07, 6.45) is 0.865. The van der Waals surface area contributed by atoms with Crippen molar-refractivity contribution in [3.63, 3.8) is 0 Å². The molecule has 1 aliphatic heterocycles. The molecule has 1 heterocycles. The van der Waals surface area contributed by atoms with Gasteiger partial charge in [-0.15, -0.1) is 0 Å². The van der Waals surface area contributed by atoms with E-state index in [-0.39, 0.29) is 24.7 Å². The van der Waals surface area contributed by atoms with Crippen molar-refractivity contribution in [3.05, 3.63) is 35.4 Å². The number of hydrogen-bond donors (Lipinski definition) is 2. The van der Waals surface area contributed by atoms with Gasteiger partial charge in [0.15, 0.2) is 0 Å². The molecule has 5 heteroatoms. The van der Waals surface area contributed by atoms with Crippen LogP contribution in [0.15, 0.2) is 24.3 Å². The Bertz CT molecular complexity index is 508. The summed E-state index contributed by atoms with van der Waals surface area (Å²) < 4.78 is 0. The van der Waals surface area contributed by atoms with Crippen molar-refractivity contribution in [1.82, 2.24) is 10.6 Å². The van der Waals surface area contributed by atoms with Gasteiger partial charge in [-0.3, -0.25) is 19.7 Å². The van der Waals surface area contributed by atoms with Gasteiger partial charge in [-0.05, 0) is 18.9 Å². The number of amides is 3. The lowest BCUT2D eigenvalue weighted by Gasteiger charge is -2.21. The summed E-state index contributed by atoms with van der Waals surface area (Å²) in [6, 6.07) is 7.05. The molecule has 0 aromatic heterocycles. The number of hydrogen-bond acceptors (Lipinski definition) is 3. The molecule has 1 aromatic carbocycles. The Hall–Kier alpha value is -2.17. The third-order valence-corrected chi connectivity index (χ3v) is 3.06. The van der Waals surface area contributed by atoms with E-state index in [1.165, 1.54) is 0 Å². The van der Waals surface area contributed by atoms with Crippen molar-refractivity contribution in [2.24, 2.45) is 0 Å². The second kappa shape index (κ2) is 5.65. The maximum absolute atomic E-state index is 11.8. The quantitative estimate of drug-likeness (QED) is 0.775. The molecule has 1 fully saturated rings. The van der Waals surface area contributed by atoms with Gasteiger partial charge in [0.1, 0.15) is 6.04 Å². The van der Waals surface area contributed by atoms with Gasteiger partial charge in [-0.2, -0.15) is 0 Å². The number of piperidine rings is 1. The number of aryl methyl sites for hydroxylation is 1. The molecule has 1 atom stereocenters. The maximum atomic E-state index is 11.8. The molecule has 2 N–H and O–H groups in total. The highest BCUT2D eigenvalue weighted by atomic mass is 16.2. The van der Waals surface area contributed by atoms with Gasteiger partial charge in [0, 0.05) is 6.42 Å². The van der Waals surface area contributed by atoms with Crippen molar-refractivity contribution in [3.8, 4) is 0 Å². The SMILES string of the molecule is Cc1ccc(CC(=O)NC2CCC(=O)NC2=O)cc1. The molecule has 1 unspecified atom stereocenters. The van der Waals surface area contributed by atoms with E-state index in [1.54, 1.807) is 0 Å². The van der Waals surface area contributed by atoms with Crippen LogP contribution in [0.4, 0.5) is 0 Å². The van der Waals surface area contributed by atoms with Gasteiger partial charge in [-0.1, -0.05) is 29.8 Å². The van der Waals surface area contributed by atoms with Crippen LogP contribution in [-0.2, 0) is 20.8 Å². The fourth-order valence-electron chi connectivity index (χ4n) is 1.97. The first-order valence-corrected chi connectivity index (χ1v) is 6.23. The van der Waals surface area contributed by atoms with E-state index >= 15 is 0 Å². The Labute approximate surface area is 111 Å². The van der Waals surface area contributed by atoms with Gasteiger partial charge in [0.25, 0.3) is 0 Å². The number of imide groups is 1. The lowest BCUT2D eigenvalue weighted by Crippen LogP contribution is -2.52. The highest BCUT2D eigenvalue weighted by molar-refractivity contribution is 6.01. The summed E-state index contributed by atoms with van der Waals surface area (Å²) in [5.74, 6) is -0.916. The molecule has 19 heavy (non-hydrogen) atoms. The second-order valence-corrected chi connectivity index (χ2v) is 4.73. The molecule has 0 spiro atoms. The summed E-state index contributed by atoms with van der Waals surface area (Å²) in [5, 5.41) is 4.86. The van der Waals surface area contributed by atoms with Crippen molar-refractivity contribution >= 4 is 17.7 Å². The number of nitrogens with one attached hydrogen (secondary N) is 2. The summed E-state index contributed by atoms with van der Waals surface area (Å²) in [5.41, 5.74) is 2.03. The van der Waals surface area contributed by atoms with Crippen LogP contribution in [0, 0.1) is 6.92 Å². The van der Waals surface area contributed by atoms with Crippen LogP contribution in [0.3, 0.4) is 0 Å². The topological polar surface area (TPSA) is 75.3 Å². The standard InChI is InChI=1S/C14H16N2O3/c1-9-2-4-10(5-3-9)8-13(18)15-11-6-7-12(17)16-14(11)19/h2-5,11H,6-8H2,1H3,(H,15,18)(H,16,17,19). The zero-order valence-corrected chi connectivity index (χ0v) is 10.7. The number of carbonyl (C=O) groups excluding carboxylic acids is 3. The highest BCUT2D eigenvalue weighted by Crippen LogP contribution is 2.07. The Morgan fingerprint density at radius 1 is 1.32 bits per heavy atom. The zero-order chi connectivity index (χ0) is 13.8. The van der Waals surface area contributed by atoms with E-state index in [0.29, 0.717) is 6.42 Å². The van der Waals surface area contributed by atoms with Crippen molar-refractivity contribution < 1.29 is 14.4 Å². The first-order chi connectivity index (χ1) is 9.04. The molecule has 1 saturated heterocycles. The fourth-order valence-corrected chi connectivity index (χ4v) is 1.97. The molecule has 0 saturated carbocycles. The van der Waals surface area contributed by atoms with Crippen LogP contribution in [-0.4, -0.2) is 23.8 Å². The minimum atomic E-state index is -0.601. The van der Waals surface area contributed by atoms with E-state index in [2.05, 4.69) is 10.6 Å². The molecule has 2 rings (SSSR count). The van der Waals surface area contributed by atoms with Crippen molar-refractivity contribution in [2.75, 3.05) is 0 Å². The smallest absolute Gasteiger partial charge is 0.249 e. The first-order valence-electron chi connectivity index (χ1n) is 6.23. The molecular formula is C14H16N2O3. The predicted octanol–water partition coefficient (Wildman–Crippen LogP) is 0.459. The van der Waals surface area contributed by atoms with Gasteiger partial charge in [0.2, 0.25) is 17.7 Å². The molecule has 1 aliphatic rings. The first kappa shape index (κ1) is 13.3. The van der Waals surface area contributed by atoms with E-state index in [1.807, 2.05) is 31.2 Å². The van der Waals surface area contributed by atoms with Crippen molar-refractivity contribution in [1.29, 1.82) is 0 Å². The second-order valence-electron chi connectivity index (χ2n) is 4.73. The maximum Gasteiger partial charge on any atom is 0.249 e. The third-order valence-electron chi connectivity index (χ3n) is 3.06. The van der Waals surface area contributed by atoms with Crippen LogP contribution in [0.2, 0.25) is 0 Å². The van der Waals surface area contributed by atoms with Gasteiger partial charge >= 0.3 is 0 Å². The van der Waals surface area contributed by atoms with Crippen LogP contribution < -0.4 is 10.6 Å². The van der Waals surface area contributed by atoms with Gasteiger partial charge in [0.05, 0.1) is 6.42 Å². The minimum Gasteiger partial charge on any atom is -0.344 e. The Morgan fingerprint density at radius 2 is 2.00 bits per heavy atom. The van der Waals surface area contributed by atoms with E-state index in [9.17, 15) is 14.4 Å². The molecule has 0 radical (unpaired) electrons. The van der Waals surface area contributed by atoms with Crippen LogP contribution in [0.1, 0.15) is 24.0 Å². The summed E-state index contributed by atoms with van der Waals surface area (Å²) >= 11 is 0. The number of benzene rings is 1. The van der Waals surface area contributed by atoms with Crippen LogP contribution in [0.5, 0.6) is 0 Å². The van der Waals surface area contributed by atoms with Crippen LogP contribution >= 0.6 is 0 Å². The molecule has 100 valence electrons. The Morgan fingerprint density at radius 3 is 2.63 bits per heavy atom. The Balaban J connectivity index is 1.89. The fraction of sp³-hybridized carbons (Fsp3) is 0.357. The molecular weight excluding hydrogens is 244 g/mol. The molecule has 0 aliphatic carbocycles. The monoisotopic (exact) mass is 260 g/mol. The largest absolute Gasteiger partial charge is 0.344 e. The van der Waals surface area contributed by atoms with Gasteiger partial charge < -0.3 is 5.32 Å². The highest BCUT2D eigenvalue weighted by Gasteiger charge is 2.27. The van der Waals surface area contributed by atoms with Crippen LogP contribution in [0.25, 0.3) is 0 Å². The summed E-state index contributed by atoms with van der Waals surface area (Å²) in [7, 11) is 0. The van der Waals surface area contributed by atoms with Crippen molar-refractivity contribution in [2.45, 2.75) is 32.2 Å². The average Bonchev–Trinajstić information content (AvgIpc) is 2.36. The van der Waals surface area contributed by atoms with E-state index < -0.39 is 11.9 Å².